The van der Waals surface area contributed by atoms with E-state index in [4.69, 9.17) is 0 Å². The molecule has 1 aliphatic carbocycles. The molecule has 1 heterocycles. The minimum absolute atomic E-state index is 0.782. The van der Waals surface area contributed by atoms with E-state index >= 15 is 0 Å². The van der Waals surface area contributed by atoms with Crippen molar-refractivity contribution in [2.75, 3.05) is 19.6 Å². The van der Waals surface area contributed by atoms with E-state index in [9.17, 15) is 0 Å². The standard InChI is InChI=1S/C14H28N2/c1-3-15-10-9-12(2)16-11-5-7-13-6-4-8-14(13)16/h12-15H,3-11H2,1-2H3. The Morgan fingerprint density at radius 2 is 2.06 bits per heavy atom. The van der Waals surface area contributed by atoms with E-state index in [1.807, 2.05) is 0 Å². The van der Waals surface area contributed by atoms with E-state index in [0.29, 0.717) is 0 Å². The lowest BCUT2D eigenvalue weighted by Crippen LogP contribution is -2.48. The van der Waals surface area contributed by atoms with Gasteiger partial charge in [0.25, 0.3) is 0 Å². The number of likely N-dealkylation sites (tertiary alicyclic amines) is 1. The molecule has 1 aliphatic heterocycles. The zero-order valence-electron chi connectivity index (χ0n) is 11.0. The van der Waals surface area contributed by atoms with E-state index < -0.39 is 0 Å². The van der Waals surface area contributed by atoms with Crippen molar-refractivity contribution in [3.05, 3.63) is 0 Å². The van der Waals surface area contributed by atoms with Gasteiger partial charge in [-0.3, -0.25) is 4.90 Å². The molecule has 3 atom stereocenters. The highest BCUT2D eigenvalue weighted by Gasteiger charge is 2.36. The van der Waals surface area contributed by atoms with Gasteiger partial charge in [0, 0.05) is 12.1 Å². The van der Waals surface area contributed by atoms with E-state index in [2.05, 4.69) is 24.1 Å². The SMILES string of the molecule is CCNCCC(C)N1CCCC2CCCC21. The fourth-order valence-electron chi connectivity index (χ4n) is 3.69. The van der Waals surface area contributed by atoms with Gasteiger partial charge in [-0.2, -0.15) is 0 Å². The third-order valence-electron chi connectivity index (χ3n) is 4.59. The van der Waals surface area contributed by atoms with Crippen molar-refractivity contribution in [3.63, 3.8) is 0 Å². The topological polar surface area (TPSA) is 15.3 Å². The van der Waals surface area contributed by atoms with Crippen molar-refractivity contribution in [2.45, 2.75) is 64.5 Å². The van der Waals surface area contributed by atoms with Gasteiger partial charge in [-0.1, -0.05) is 13.3 Å². The Morgan fingerprint density at radius 3 is 2.88 bits per heavy atom. The van der Waals surface area contributed by atoms with Crippen molar-refractivity contribution in [1.82, 2.24) is 10.2 Å². The van der Waals surface area contributed by atoms with Crippen LogP contribution in [0.25, 0.3) is 0 Å². The first-order valence-corrected chi connectivity index (χ1v) is 7.29. The van der Waals surface area contributed by atoms with E-state index in [-0.39, 0.29) is 0 Å². The lowest BCUT2D eigenvalue weighted by Gasteiger charge is -2.41. The summed E-state index contributed by atoms with van der Waals surface area (Å²) >= 11 is 0. The van der Waals surface area contributed by atoms with Crippen LogP contribution >= 0.6 is 0 Å². The summed E-state index contributed by atoms with van der Waals surface area (Å²) in [7, 11) is 0. The number of fused-ring (bicyclic) bond motifs is 1. The molecule has 2 fully saturated rings. The van der Waals surface area contributed by atoms with Crippen molar-refractivity contribution < 1.29 is 0 Å². The second kappa shape index (κ2) is 6.02. The quantitative estimate of drug-likeness (QED) is 0.722. The van der Waals surface area contributed by atoms with Gasteiger partial charge in [-0.15, -0.1) is 0 Å². The van der Waals surface area contributed by atoms with E-state index in [1.165, 1.54) is 51.6 Å². The van der Waals surface area contributed by atoms with Crippen LogP contribution in [0, 0.1) is 5.92 Å². The minimum Gasteiger partial charge on any atom is -0.317 e. The molecule has 0 aromatic heterocycles. The summed E-state index contributed by atoms with van der Waals surface area (Å²) in [6.45, 7) is 8.27. The third-order valence-corrected chi connectivity index (χ3v) is 4.59. The van der Waals surface area contributed by atoms with Crippen molar-refractivity contribution >= 4 is 0 Å². The Balaban J connectivity index is 1.82. The first-order valence-electron chi connectivity index (χ1n) is 7.29. The molecule has 94 valence electrons. The zero-order valence-corrected chi connectivity index (χ0v) is 11.0. The molecule has 0 radical (unpaired) electrons. The number of piperidine rings is 1. The molecule has 0 amide bonds. The van der Waals surface area contributed by atoms with Gasteiger partial charge >= 0.3 is 0 Å². The van der Waals surface area contributed by atoms with Gasteiger partial charge in [0.15, 0.2) is 0 Å². The molecule has 2 rings (SSSR count). The average Bonchev–Trinajstić information content (AvgIpc) is 2.76. The van der Waals surface area contributed by atoms with Crippen LogP contribution in [0.1, 0.15) is 52.4 Å². The maximum Gasteiger partial charge on any atom is 0.0126 e. The predicted molar refractivity (Wildman–Crippen MR) is 69.7 cm³/mol. The van der Waals surface area contributed by atoms with Crippen LogP contribution < -0.4 is 5.32 Å². The predicted octanol–water partition coefficient (Wildman–Crippen LogP) is 2.64. The highest BCUT2D eigenvalue weighted by molar-refractivity contribution is 4.91. The van der Waals surface area contributed by atoms with Gasteiger partial charge in [0.1, 0.15) is 0 Å². The molecular formula is C14H28N2. The fourth-order valence-corrected chi connectivity index (χ4v) is 3.69. The Morgan fingerprint density at radius 1 is 1.25 bits per heavy atom. The Bertz CT molecular complexity index is 205. The average molecular weight is 224 g/mol. The normalized spacial score (nSPS) is 32.6. The molecule has 0 bridgehead atoms. The van der Waals surface area contributed by atoms with Crippen molar-refractivity contribution in [3.8, 4) is 0 Å². The number of hydrogen-bond donors (Lipinski definition) is 1. The van der Waals surface area contributed by atoms with Crippen LogP contribution in [0.15, 0.2) is 0 Å². The monoisotopic (exact) mass is 224 g/mol. The lowest BCUT2D eigenvalue weighted by molar-refractivity contribution is 0.0711. The highest BCUT2D eigenvalue weighted by Crippen LogP contribution is 2.37. The Kier molecular flexibility index (Phi) is 4.66. The van der Waals surface area contributed by atoms with Crippen LogP contribution in [-0.4, -0.2) is 36.6 Å². The highest BCUT2D eigenvalue weighted by atomic mass is 15.2. The molecular weight excluding hydrogens is 196 g/mol. The molecule has 2 heteroatoms. The van der Waals surface area contributed by atoms with Gasteiger partial charge in [0.2, 0.25) is 0 Å². The molecule has 2 aliphatic rings. The summed E-state index contributed by atoms with van der Waals surface area (Å²) in [4.78, 5) is 2.82. The minimum atomic E-state index is 0.782. The van der Waals surface area contributed by atoms with E-state index in [1.54, 1.807) is 0 Å². The van der Waals surface area contributed by atoms with Gasteiger partial charge < -0.3 is 5.32 Å². The fraction of sp³-hybridized carbons (Fsp3) is 1.00. The second-order valence-corrected chi connectivity index (χ2v) is 5.63. The van der Waals surface area contributed by atoms with Gasteiger partial charge in [-0.25, -0.2) is 0 Å². The molecule has 2 nitrogen and oxygen atoms in total. The summed E-state index contributed by atoms with van der Waals surface area (Å²) in [5.41, 5.74) is 0. The molecule has 0 aromatic rings. The summed E-state index contributed by atoms with van der Waals surface area (Å²) in [5.74, 6) is 1.04. The zero-order chi connectivity index (χ0) is 11.4. The molecule has 16 heavy (non-hydrogen) atoms. The molecule has 1 saturated heterocycles. The van der Waals surface area contributed by atoms with Crippen molar-refractivity contribution in [1.29, 1.82) is 0 Å². The number of hydrogen-bond acceptors (Lipinski definition) is 2. The molecule has 3 unspecified atom stereocenters. The van der Waals surface area contributed by atoms with Crippen LogP contribution in [0.4, 0.5) is 0 Å². The van der Waals surface area contributed by atoms with Crippen LogP contribution in [0.3, 0.4) is 0 Å². The Hall–Kier alpha value is -0.0800. The maximum absolute atomic E-state index is 3.45. The Labute approximate surface area is 101 Å². The molecule has 1 N–H and O–H groups in total. The summed E-state index contributed by atoms with van der Waals surface area (Å²) in [5, 5.41) is 3.45. The number of nitrogens with one attached hydrogen (secondary N) is 1. The lowest BCUT2D eigenvalue weighted by atomic mass is 9.90. The summed E-state index contributed by atoms with van der Waals surface area (Å²) in [6.07, 6.45) is 8.70. The molecule has 0 spiro atoms. The smallest absolute Gasteiger partial charge is 0.0126 e. The summed E-state index contributed by atoms with van der Waals surface area (Å²) < 4.78 is 0. The first kappa shape index (κ1) is 12.4. The first-order chi connectivity index (χ1) is 7.83. The van der Waals surface area contributed by atoms with Crippen LogP contribution in [-0.2, 0) is 0 Å². The third kappa shape index (κ3) is 2.78. The number of rotatable bonds is 5. The van der Waals surface area contributed by atoms with E-state index in [0.717, 1.165) is 24.5 Å². The number of nitrogens with zero attached hydrogens (tertiary/aromatic N) is 1. The van der Waals surface area contributed by atoms with Gasteiger partial charge in [-0.05, 0) is 64.6 Å². The largest absolute Gasteiger partial charge is 0.317 e. The van der Waals surface area contributed by atoms with Gasteiger partial charge in [0.05, 0.1) is 0 Å². The maximum atomic E-state index is 3.45. The van der Waals surface area contributed by atoms with Crippen LogP contribution in [0.2, 0.25) is 0 Å². The molecule has 1 saturated carbocycles. The van der Waals surface area contributed by atoms with Crippen LogP contribution in [0.5, 0.6) is 0 Å². The molecule has 0 aromatic carbocycles. The van der Waals surface area contributed by atoms with Crippen molar-refractivity contribution in [2.24, 2.45) is 5.92 Å². The summed E-state index contributed by atoms with van der Waals surface area (Å²) in [6, 6.07) is 1.72. The second-order valence-electron chi connectivity index (χ2n) is 5.63.